The molecule has 3 rings (SSSR count). The van der Waals surface area contributed by atoms with Gasteiger partial charge in [-0.25, -0.2) is 0 Å². The van der Waals surface area contributed by atoms with Crippen molar-refractivity contribution in [3.05, 3.63) is 12.4 Å². The molecule has 0 amide bonds. The van der Waals surface area contributed by atoms with Gasteiger partial charge in [-0.15, -0.1) is 0 Å². The second-order valence-electron chi connectivity index (χ2n) is 9.59. The predicted molar refractivity (Wildman–Crippen MR) is 104 cm³/mol. The molecule has 0 N–H and O–H groups in total. The molecule has 0 saturated carbocycles. The number of aromatic nitrogens is 2. The van der Waals surface area contributed by atoms with Gasteiger partial charge in [0, 0.05) is 37.5 Å². The highest BCUT2D eigenvalue weighted by Crippen LogP contribution is 2.36. The summed E-state index contributed by atoms with van der Waals surface area (Å²) in [6, 6.07) is 0.319. The molecule has 0 unspecified atom stereocenters. The first-order valence-electron chi connectivity index (χ1n) is 9.70. The van der Waals surface area contributed by atoms with Crippen LogP contribution in [0.3, 0.4) is 0 Å². The Balaban J connectivity index is 1.47. The highest BCUT2D eigenvalue weighted by Gasteiger charge is 2.52. The van der Waals surface area contributed by atoms with Gasteiger partial charge >= 0.3 is 13.1 Å². The minimum Gasteiger partial charge on any atom is -0.460 e. The smallest absolute Gasteiger partial charge is 0.460 e. The third-order valence-corrected chi connectivity index (χ3v) is 5.51. The maximum absolute atomic E-state index is 11.8. The molecule has 2 saturated heterocycles. The molecule has 2 aliphatic heterocycles. The topological polar surface area (TPSA) is 65.8 Å². The zero-order valence-corrected chi connectivity index (χ0v) is 17.6. The fourth-order valence-electron chi connectivity index (χ4n) is 3.19. The number of ether oxygens (including phenoxy) is 1. The molecule has 0 atom stereocenters. The Morgan fingerprint density at radius 1 is 1.26 bits per heavy atom. The van der Waals surface area contributed by atoms with Gasteiger partial charge in [-0.3, -0.25) is 14.4 Å². The Morgan fingerprint density at radius 3 is 2.41 bits per heavy atom. The van der Waals surface area contributed by atoms with Crippen LogP contribution in [0.25, 0.3) is 0 Å². The van der Waals surface area contributed by atoms with E-state index in [0.29, 0.717) is 12.5 Å². The van der Waals surface area contributed by atoms with E-state index in [1.165, 1.54) is 0 Å². The third-order valence-electron chi connectivity index (χ3n) is 5.51. The quantitative estimate of drug-likeness (QED) is 0.576. The molecule has 0 aliphatic carbocycles. The van der Waals surface area contributed by atoms with Crippen molar-refractivity contribution >= 4 is 18.6 Å². The fourth-order valence-corrected chi connectivity index (χ4v) is 3.19. The average Bonchev–Trinajstić information content (AvgIpc) is 2.98. The standard InChI is InChI=1S/C19H32BN3O4/c1-17(2,3)25-16(24)8-9-22-12-15(13-22)23-11-14(10-21-23)20-26-18(4,5)19(6,7)27-20/h10-11,15H,8-9,12-13H2,1-7H3. The van der Waals surface area contributed by atoms with E-state index < -0.39 is 5.60 Å². The Morgan fingerprint density at radius 2 is 1.85 bits per heavy atom. The number of likely N-dealkylation sites (tertiary alicyclic amines) is 1. The fraction of sp³-hybridized carbons (Fsp3) is 0.789. The molecule has 0 aromatic carbocycles. The molecule has 0 bridgehead atoms. The Hall–Kier alpha value is -1.38. The molecule has 1 aromatic heterocycles. The molecule has 0 radical (unpaired) electrons. The minimum atomic E-state index is -0.423. The molecule has 1 aromatic rings. The number of esters is 1. The van der Waals surface area contributed by atoms with Crippen molar-refractivity contribution in [2.24, 2.45) is 0 Å². The zero-order chi connectivity index (χ0) is 20.0. The number of hydrogen-bond donors (Lipinski definition) is 0. The van der Waals surface area contributed by atoms with E-state index in [2.05, 4.69) is 10.00 Å². The molecule has 7 nitrogen and oxygen atoms in total. The molecular weight excluding hydrogens is 345 g/mol. The molecule has 8 heteroatoms. The minimum absolute atomic E-state index is 0.145. The van der Waals surface area contributed by atoms with Gasteiger partial charge in [0.25, 0.3) is 0 Å². The Labute approximate surface area is 162 Å². The van der Waals surface area contributed by atoms with Crippen molar-refractivity contribution in [2.45, 2.75) is 77.7 Å². The van der Waals surface area contributed by atoms with Gasteiger partial charge in [-0.2, -0.15) is 5.10 Å². The van der Waals surface area contributed by atoms with Crippen LogP contribution < -0.4 is 5.46 Å². The molecular formula is C19H32BN3O4. The van der Waals surface area contributed by atoms with Gasteiger partial charge in [0.2, 0.25) is 0 Å². The number of rotatable bonds is 5. The van der Waals surface area contributed by atoms with Crippen LogP contribution in [0.15, 0.2) is 12.4 Å². The monoisotopic (exact) mass is 377 g/mol. The van der Waals surface area contributed by atoms with Crippen LogP contribution in [0.2, 0.25) is 0 Å². The van der Waals surface area contributed by atoms with Crippen LogP contribution in [-0.2, 0) is 18.8 Å². The van der Waals surface area contributed by atoms with Crippen LogP contribution in [0.4, 0.5) is 0 Å². The van der Waals surface area contributed by atoms with E-state index in [1.54, 1.807) is 0 Å². The maximum atomic E-state index is 11.8. The van der Waals surface area contributed by atoms with E-state index in [-0.39, 0.29) is 24.3 Å². The van der Waals surface area contributed by atoms with Crippen LogP contribution in [0.1, 0.15) is 60.9 Å². The molecule has 3 heterocycles. The van der Waals surface area contributed by atoms with Gasteiger partial charge in [0.1, 0.15) is 5.60 Å². The largest absolute Gasteiger partial charge is 0.498 e. The number of hydrogen-bond acceptors (Lipinski definition) is 6. The van der Waals surface area contributed by atoms with Crippen molar-refractivity contribution in [3.63, 3.8) is 0 Å². The summed E-state index contributed by atoms with van der Waals surface area (Å²) in [4.78, 5) is 14.1. The summed E-state index contributed by atoms with van der Waals surface area (Å²) in [7, 11) is -0.382. The van der Waals surface area contributed by atoms with Gasteiger partial charge in [-0.05, 0) is 48.5 Å². The normalized spacial score (nSPS) is 22.7. The van der Waals surface area contributed by atoms with E-state index >= 15 is 0 Å². The second kappa shape index (κ2) is 6.90. The van der Waals surface area contributed by atoms with Crippen molar-refractivity contribution in [1.29, 1.82) is 0 Å². The molecule has 0 spiro atoms. The summed E-state index contributed by atoms with van der Waals surface area (Å²) in [6.45, 7) is 16.3. The van der Waals surface area contributed by atoms with Crippen LogP contribution in [-0.4, -0.2) is 64.2 Å². The third kappa shape index (κ3) is 4.55. The van der Waals surface area contributed by atoms with Crippen molar-refractivity contribution in [1.82, 2.24) is 14.7 Å². The molecule has 2 fully saturated rings. The van der Waals surface area contributed by atoms with Crippen molar-refractivity contribution < 1.29 is 18.8 Å². The first-order chi connectivity index (χ1) is 12.4. The van der Waals surface area contributed by atoms with Crippen LogP contribution in [0, 0.1) is 0 Å². The van der Waals surface area contributed by atoms with Crippen molar-refractivity contribution in [3.8, 4) is 0 Å². The number of nitrogens with zero attached hydrogens (tertiary/aromatic N) is 3. The van der Waals surface area contributed by atoms with Crippen molar-refractivity contribution in [2.75, 3.05) is 19.6 Å². The molecule has 27 heavy (non-hydrogen) atoms. The zero-order valence-electron chi connectivity index (χ0n) is 17.6. The lowest BCUT2D eigenvalue weighted by Crippen LogP contribution is -2.48. The summed E-state index contributed by atoms with van der Waals surface area (Å²) >= 11 is 0. The SMILES string of the molecule is CC(C)(C)OC(=O)CCN1CC(n2cc(B3OC(C)(C)C(C)(C)O3)cn2)C1. The summed E-state index contributed by atoms with van der Waals surface area (Å²) in [5.74, 6) is -0.145. The van der Waals surface area contributed by atoms with Crippen LogP contribution in [0.5, 0.6) is 0 Å². The second-order valence-corrected chi connectivity index (χ2v) is 9.59. The maximum Gasteiger partial charge on any atom is 0.498 e. The first-order valence-corrected chi connectivity index (χ1v) is 9.70. The van der Waals surface area contributed by atoms with E-state index in [1.807, 2.05) is 65.5 Å². The summed E-state index contributed by atoms with van der Waals surface area (Å²) in [5, 5.41) is 4.49. The average molecular weight is 377 g/mol. The van der Waals surface area contributed by atoms with Gasteiger partial charge in [-0.1, -0.05) is 0 Å². The van der Waals surface area contributed by atoms with E-state index in [0.717, 1.165) is 25.1 Å². The van der Waals surface area contributed by atoms with E-state index in [9.17, 15) is 4.79 Å². The predicted octanol–water partition coefficient (Wildman–Crippen LogP) is 1.77. The Kier molecular flexibility index (Phi) is 5.20. The lowest BCUT2D eigenvalue weighted by Gasteiger charge is -2.39. The first kappa shape index (κ1) is 20.4. The summed E-state index contributed by atoms with van der Waals surface area (Å²) < 4.78 is 19.5. The summed E-state index contributed by atoms with van der Waals surface area (Å²) in [5.41, 5.74) is -0.183. The summed E-state index contributed by atoms with van der Waals surface area (Å²) in [6.07, 6.45) is 4.26. The Bertz CT molecular complexity index is 673. The van der Waals surface area contributed by atoms with E-state index in [4.69, 9.17) is 14.0 Å². The lowest BCUT2D eigenvalue weighted by atomic mass is 9.82. The van der Waals surface area contributed by atoms with Gasteiger partial charge < -0.3 is 14.0 Å². The highest BCUT2D eigenvalue weighted by molar-refractivity contribution is 6.62. The van der Waals surface area contributed by atoms with Crippen LogP contribution >= 0.6 is 0 Å². The molecule has 2 aliphatic rings. The highest BCUT2D eigenvalue weighted by atomic mass is 16.7. The number of carbonyl (C=O) groups excluding carboxylic acids is 1. The lowest BCUT2D eigenvalue weighted by molar-refractivity contribution is -0.155. The van der Waals surface area contributed by atoms with Gasteiger partial charge in [0.15, 0.2) is 0 Å². The van der Waals surface area contributed by atoms with Gasteiger partial charge in [0.05, 0.1) is 23.7 Å². The number of carbonyl (C=O) groups is 1. The molecule has 150 valence electrons.